The molecule has 0 aliphatic rings. The minimum absolute atomic E-state index is 0. The van der Waals surface area contributed by atoms with Crippen molar-refractivity contribution in [3.05, 3.63) is 0 Å². The molecule has 88 valence electrons. The zero-order valence-corrected chi connectivity index (χ0v) is 11.7. The number of nitrogens with one attached hydrogen (secondary N) is 1. The number of amides is 1. The van der Waals surface area contributed by atoms with Gasteiger partial charge in [0.05, 0.1) is 6.61 Å². The Kier molecular flexibility index (Phi) is 9.53. The van der Waals surface area contributed by atoms with E-state index in [9.17, 15) is 19.8 Å². The van der Waals surface area contributed by atoms with Gasteiger partial charge in [-0.2, -0.15) is 0 Å². The van der Waals surface area contributed by atoms with Gasteiger partial charge in [-0.1, -0.05) is 13.8 Å². The fraction of sp³-hybridized carbons (Fsp3) is 0.778. The predicted octanol–water partition coefficient (Wildman–Crippen LogP) is -2.76. The van der Waals surface area contributed by atoms with Crippen molar-refractivity contribution >= 4 is 49.6 Å². The molecule has 0 spiro atoms. The molecule has 0 saturated heterocycles. The number of aliphatic hydroxyl groups is 2. The van der Waals surface area contributed by atoms with Gasteiger partial charge >= 0.3 is 37.7 Å². The Balaban J connectivity index is 0. The van der Waals surface area contributed by atoms with Gasteiger partial charge in [-0.3, -0.25) is 4.79 Å². The summed E-state index contributed by atoms with van der Waals surface area (Å²) in [6.07, 6.45) is -1.68. The van der Waals surface area contributed by atoms with Crippen LogP contribution in [-0.4, -0.2) is 79.1 Å². The average molecular weight is 258 g/mol. The number of aliphatic carboxylic acids is 1. The maximum atomic E-state index is 11.2. The number of carbonyl (C=O) groups excluding carboxylic acids is 2. The fourth-order valence-corrected chi connectivity index (χ4v) is 0.826. The molecule has 0 radical (unpaired) electrons. The van der Waals surface area contributed by atoms with Crippen LogP contribution in [0.25, 0.3) is 0 Å². The van der Waals surface area contributed by atoms with Crippen molar-refractivity contribution in [3.8, 4) is 0 Å². The molecule has 0 aliphatic heterocycles. The van der Waals surface area contributed by atoms with Crippen LogP contribution in [0.3, 0.4) is 0 Å². The van der Waals surface area contributed by atoms with Crippen molar-refractivity contribution in [1.82, 2.24) is 5.32 Å². The number of hydrogen-bond acceptors (Lipinski definition) is 5. The van der Waals surface area contributed by atoms with E-state index in [2.05, 4.69) is 5.32 Å². The van der Waals surface area contributed by atoms with Crippen LogP contribution in [0.1, 0.15) is 20.3 Å². The number of carboxylic acid groups (broad SMARTS) is 1. The van der Waals surface area contributed by atoms with E-state index in [0.717, 1.165) is 0 Å². The van der Waals surface area contributed by atoms with E-state index in [1.165, 1.54) is 13.8 Å². The Hall–Kier alpha value is 0.120. The number of hydrogen-bond donors (Lipinski definition) is 3. The third kappa shape index (κ3) is 6.65. The van der Waals surface area contributed by atoms with Crippen molar-refractivity contribution in [2.75, 3.05) is 13.2 Å². The summed E-state index contributed by atoms with van der Waals surface area (Å²) in [6, 6.07) is 0. The van der Waals surface area contributed by atoms with Crippen LogP contribution >= 0.6 is 0 Å². The zero-order valence-electron chi connectivity index (χ0n) is 9.52. The molecule has 1 atom stereocenters. The molecule has 0 fully saturated rings. The minimum atomic E-state index is -1.37. The van der Waals surface area contributed by atoms with Gasteiger partial charge in [0.1, 0.15) is 6.10 Å². The number of aliphatic hydroxyl groups excluding tert-OH is 2. The van der Waals surface area contributed by atoms with Crippen LogP contribution in [0.5, 0.6) is 0 Å². The standard InChI is InChI=1S/C9H17NO5.Ca/c1-9(2,5-11)7(14)8(15)10-4-3-6(12)13;/h7,11,14H,3-5H2,1-2H3,(H,10,15)(H,12,13);/q;+2/p-1/t7-;/m0./s1. The van der Waals surface area contributed by atoms with Crippen LogP contribution in [-0.2, 0) is 9.59 Å². The SMILES string of the molecule is CC(C)(CO)[C@@H](O)C(=O)NCCC(=O)[O-].[Ca+2]. The molecule has 0 aliphatic carbocycles. The van der Waals surface area contributed by atoms with Crippen molar-refractivity contribution < 1.29 is 24.9 Å². The van der Waals surface area contributed by atoms with Crippen molar-refractivity contribution in [1.29, 1.82) is 0 Å². The first kappa shape index (κ1) is 18.5. The second-order valence-electron chi connectivity index (χ2n) is 3.96. The van der Waals surface area contributed by atoms with Crippen molar-refractivity contribution in [3.63, 3.8) is 0 Å². The molecule has 16 heavy (non-hydrogen) atoms. The maximum absolute atomic E-state index is 11.2. The van der Waals surface area contributed by atoms with Gasteiger partial charge in [0.15, 0.2) is 0 Å². The van der Waals surface area contributed by atoms with E-state index in [-0.39, 0.29) is 57.3 Å². The predicted molar refractivity (Wildman–Crippen MR) is 55.3 cm³/mol. The van der Waals surface area contributed by atoms with Crippen LogP contribution < -0.4 is 10.4 Å². The largest absolute Gasteiger partial charge is 2.00 e. The second-order valence-corrected chi connectivity index (χ2v) is 3.96. The Labute approximate surface area is 124 Å². The molecule has 0 unspecified atom stereocenters. The van der Waals surface area contributed by atoms with Gasteiger partial charge in [0, 0.05) is 24.3 Å². The van der Waals surface area contributed by atoms with Gasteiger partial charge in [-0.15, -0.1) is 0 Å². The van der Waals surface area contributed by atoms with E-state index < -0.39 is 23.4 Å². The van der Waals surface area contributed by atoms with E-state index in [1.807, 2.05) is 0 Å². The van der Waals surface area contributed by atoms with E-state index in [4.69, 9.17) is 5.11 Å². The minimum Gasteiger partial charge on any atom is -0.550 e. The smallest absolute Gasteiger partial charge is 0.550 e. The molecule has 0 aromatic heterocycles. The first-order valence-corrected chi connectivity index (χ1v) is 4.57. The Morgan fingerprint density at radius 3 is 2.31 bits per heavy atom. The number of carboxylic acids is 1. The monoisotopic (exact) mass is 258 g/mol. The fourth-order valence-electron chi connectivity index (χ4n) is 0.826. The molecule has 0 aromatic rings. The van der Waals surface area contributed by atoms with Gasteiger partial charge in [0.25, 0.3) is 0 Å². The molecule has 1 amide bonds. The summed E-state index contributed by atoms with van der Waals surface area (Å²) < 4.78 is 0. The third-order valence-electron chi connectivity index (χ3n) is 2.02. The summed E-state index contributed by atoms with van der Waals surface area (Å²) in [4.78, 5) is 21.3. The van der Waals surface area contributed by atoms with Gasteiger partial charge in [0.2, 0.25) is 5.91 Å². The van der Waals surface area contributed by atoms with Crippen LogP contribution in [0.2, 0.25) is 0 Å². The number of rotatable bonds is 6. The summed E-state index contributed by atoms with van der Waals surface area (Å²) in [5.74, 6) is -1.97. The average Bonchev–Trinajstić information content (AvgIpc) is 2.15. The summed E-state index contributed by atoms with van der Waals surface area (Å²) in [5, 5.41) is 30.6. The zero-order chi connectivity index (χ0) is 12.1. The molecular formula is C9H16CaNO5+. The van der Waals surface area contributed by atoms with Crippen molar-refractivity contribution in [2.45, 2.75) is 26.4 Å². The van der Waals surface area contributed by atoms with Gasteiger partial charge in [-0.25, -0.2) is 0 Å². The molecule has 0 heterocycles. The Morgan fingerprint density at radius 2 is 1.94 bits per heavy atom. The maximum Gasteiger partial charge on any atom is 2.00 e. The first-order chi connectivity index (χ1) is 6.81. The van der Waals surface area contributed by atoms with Crippen LogP contribution in [0, 0.1) is 5.41 Å². The molecule has 0 aromatic carbocycles. The van der Waals surface area contributed by atoms with E-state index in [0.29, 0.717) is 0 Å². The second kappa shape index (κ2) is 8.25. The molecule has 7 heteroatoms. The molecule has 6 nitrogen and oxygen atoms in total. The molecule has 3 N–H and O–H groups in total. The summed E-state index contributed by atoms with van der Waals surface area (Å²) in [6.45, 7) is 2.60. The van der Waals surface area contributed by atoms with E-state index in [1.54, 1.807) is 0 Å². The molecule has 0 bridgehead atoms. The summed E-state index contributed by atoms with van der Waals surface area (Å²) in [5.41, 5.74) is -0.953. The topological polar surface area (TPSA) is 110 Å². The summed E-state index contributed by atoms with van der Waals surface area (Å²) in [7, 11) is 0. The van der Waals surface area contributed by atoms with E-state index >= 15 is 0 Å². The molecule has 0 rings (SSSR count). The van der Waals surface area contributed by atoms with Crippen LogP contribution in [0.15, 0.2) is 0 Å². The third-order valence-corrected chi connectivity index (χ3v) is 2.02. The van der Waals surface area contributed by atoms with Gasteiger partial charge in [-0.05, 0) is 0 Å². The molecular weight excluding hydrogens is 242 g/mol. The van der Waals surface area contributed by atoms with Gasteiger partial charge < -0.3 is 25.4 Å². The number of carbonyl (C=O) groups is 2. The van der Waals surface area contributed by atoms with Crippen LogP contribution in [0.4, 0.5) is 0 Å². The quantitative estimate of drug-likeness (QED) is 0.447. The first-order valence-electron chi connectivity index (χ1n) is 4.57. The summed E-state index contributed by atoms with van der Waals surface area (Å²) >= 11 is 0. The normalized spacial score (nSPS) is 12.5. The molecule has 0 saturated carbocycles. The Bertz CT molecular complexity index is 244. The Morgan fingerprint density at radius 1 is 1.44 bits per heavy atom. The van der Waals surface area contributed by atoms with Crippen molar-refractivity contribution in [2.24, 2.45) is 5.41 Å².